The minimum absolute atomic E-state index is 0.327. The molecule has 1 aliphatic carbocycles. The lowest BCUT2D eigenvalue weighted by Crippen LogP contribution is -2.46. The Morgan fingerprint density at radius 1 is 1.42 bits per heavy atom. The molecule has 1 fully saturated rings. The summed E-state index contributed by atoms with van der Waals surface area (Å²) < 4.78 is 13.2. The van der Waals surface area contributed by atoms with Gasteiger partial charge in [-0.3, -0.25) is 9.20 Å². The third-order valence-electron chi connectivity index (χ3n) is 4.60. The zero-order valence-electron chi connectivity index (χ0n) is 14.8. The maximum atomic E-state index is 12.1. The second-order valence-electron chi connectivity index (χ2n) is 6.30. The van der Waals surface area contributed by atoms with Crippen LogP contribution in [0.5, 0.6) is 0 Å². The van der Waals surface area contributed by atoms with Crippen LogP contribution in [-0.4, -0.2) is 34.3 Å². The zero-order chi connectivity index (χ0) is 17.5. The van der Waals surface area contributed by atoms with Crippen molar-refractivity contribution in [2.24, 2.45) is 4.99 Å². The van der Waals surface area contributed by atoms with Gasteiger partial charge in [-0.05, 0) is 49.4 Å². The van der Waals surface area contributed by atoms with Crippen LogP contribution in [0.25, 0.3) is 0 Å². The molecule has 4 nitrogen and oxygen atoms in total. The van der Waals surface area contributed by atoms with Gasteiger partial charge in [0.15, 0.2) is 5.96 Å². The van der Waals surface area contributed by atoms with Crippen LogP contribution in [0.2, 0.25) is 0 Å². The zero-order valence-corrected chi connectivity index (χ0v) is 17.2. The fourth-order valence-electron chi connectivity index (χ4n) is 3.18. The monoisotopic (exact) mass is 413 g/mol. The number of nitrogens with one attached hydrogen (secondary N) is 2. The highest BCUT2D eigenvalue weighted by atomic mass is 79.9. The van der Waals surface area contributed by atoms with Crippen molar-refractivity contribution < 1.29 is 4.21 Å². The van der Waals surface area contributed by atoms with Crippen molar-refractivity contribution in [1.29, 1.82) is 0 Å². The summed E-state index contributed by atoms with van der Waals surface area (Å²) in [6, 6.07) is 6.67. The Labute approximate surface area is 156 Å². The molecule has 0 bridgehead atoms. The first-order valence-electron chi connectivity index (χ1n) is 8.62. The molecular weight excluding hydrogens is 386 g/mol. The second-order valence-corrected chi connectivity index (χ2v) is 9.22. The predicted molar refractivity (Wildman–Crippen MR) is 107 cm³/mol. The number of rotatable bonds is 5. The van der Waals surface area contributed by atoms with Gasteiger partial charge in [0.25, 0.3) is 0 Å². The quantitative estimate of drug-likeness (QED) is 0.573. The highest BCUT2D eigenvalue weighted by molar-refractivity contribution is 9.10. The van der Waals surface area contributed by atoms with Gasteiger partial charge in [0.05, 0.1) is 0 Å². The molecule has 0 radical (unpaired) electrons. The van der Waals surface area contributed by atoms with Gasteiger partial charge in [0, 0.05) is 45.9 Å². The molecule has 1 aromatic carbocycles. The summed E-state index contributed by atoms with van der Waals surface area (Å²) in [7, 11) is 1.11. The number of hydrogen-bond acceptors (Lipinski definition) is 2. The van der Waals surface area contributed by atoms with Crippen LogP contribution >= 0.6 is 15.9 Å². The number of benzene rings is 1. The highest BCUT2D eigenvalue weighted by Crippen LogP contribution is 2.23. The fourth-order valence-corrected chi connectivity index (χ4v) is 5.00. The highest BCUT2D eigenvalue weighted by Gasteiger charge is 2.25. The first-order chi connectivity index (χ1) is 11.5. The van der Waals surface area contributed by atoms with Gasteiger partial charge < -0.3 is 10.6 Å². The Morgan fingerprint density at radius 2 is 2.21 bits per heavy atom. The minimum atomic E-state index is -0.694. The summed E-state index contributed by atoms with van der Waals surface area (Å²) >= 11 is 3.50. The maximum Gasteiger partial charge on any atom is 0.191 e. The number of aryl methyl sites for hydroxylation is 1. The minimum Gasteiger partial charge on any atom is -0.354 e. The van der Waals surface area contributed by atoms with Gasteiger partial charge in [0.2, 0.25) is 0 Å². The predicted octanol–water partition coefficient (Wildman–Crippen LogP) is 3.50. The van der Waals surface area contributed by atoms with E-state index in [2.05, 4.69) is 56.7 Å². The molecule has 0 amide bonds. The molecule has 0 saturated heterocycles. The van der Waals surface area contributed by atoms with E-state index >= 15 is 0 Å². The normalized spacial score (nSPS) is 22.9. The standard InChI is InChI=1S/C18H28BrN3OS/c1-4-24(23)17-7-5-6-16(11-17)22-18(20-3)21-12-14-8-9-15(19)10-13(14)2/h8-10,16-17H,4-7,11-12H2,1-3H3,(H2,20,21,22). The first kappa shape index (κ1) is 19.4. The van der Waals surface area contributed by atoms with E-state index in [4.69, 9.17) is 0 Å². The number of hydrogen-bond donors (Lipinski definition) is 2. The molecule has 134 valence electrons. The van der Waals surface area contributed by atoms with Gasteiger partial charge in [-0.2, -0.15) is 0 Å². The Morgan fingerprint density at radius 3 is 2.88 bits per heavy atom. The van der Waals surface area contributed by atoms with Crippen molar-refractivity contribution in [3.8, 4) is 0 Å². The van der Waals surface area contributed by atoms with Crippen molar-refractivity contribution in [1.82, 2.24) is 10.6 Å². The molecule has 3 unspecified atom stereocenters. The summed E-state index contributed by atoms with van der Waals surface area (Å²) in [4.78, 5) is 4.34. The van der Waals surface area contributed by atoms with Gasteiger partial charge in [-0.25, -0.2) is 0 Å². The lowest BCUT2D eigenvalue weighted by molar-refractivity contribution is 0.413. The van der Waals surface area contributed by atoms with E-state index in [1.165, 1.54) is 11.1 Å². The fraction of sp³-hybridized carbons (Fsp3) is 0.611. The van der Waals surface area contributed by atoms with Crippen LogP contribution in [0.3, 0.4) is 0 Å². The molecule has 0 heterocycles. The molecule has 3 atom stereocenters. The van der Waals surface area contributed by atoms with E-state index in [1.54, 1.807) is 7.05 Å². The third kappa shape index (κ3) is 5.59. The van der Waals surface area contributed by atoms with Crippen LogP contribution in [-0.2, 0) is 17.3 Å². The topological polar surface area (TPSA) is 53.5 Å². The van der Waals surface area contributed by atoms with E-state index in [-0.39, 0.29) is 0 Å². The summed E-state index contributed by atoms with van der Waals surface area (Å²) in [5, 5.41) is 7.24. The van der Waals surface area contributed by atoms with Crippen LogP contribution in [0.15, 0.2) is 27.7 Å². The van der Waals surface area contributed by atoms with Crippen LogP contribution in [0, 0.1) is 6.92 Å². The van der Waals surface area contributed by atoms with E-state index in [1.807, 2.05) is 6.92 Å². The molecular formula is C18H28BrN3OS. The van der Waals surface area contributed by atoms with E-state index in [9.17, 15) is 4.21 Å². The molecule has 1 aromatic rings. The van der Waals surface area contributed by atoms with Crippen molar-refractivity contribution >= 4 is 32.7 Å². The number of halogens is 1. The largest absolute Gasteiger partial charge is 0.354 e. The van der Waals surface area contributed by atoms with Gasteiger partial charge in [-0.1, -0.05) is 35.3 Å². The molecule has 0 spiro atoms. The molecule has 1 aliphatic rings. The summed E-state index contributed by atoms with van der Waals surface area (Å²) in [5.74, 6) is 1.58. The molecule has 0 aliphatic heterocycles. The van der Waals surface area contributed by atoms with Crippen molar-refractivity contribution in [2.75, 3.05) is 12.8 Å². The SMILES string of the molecule is CCS(=O)C1CCCC(NC(=NC)NCc2ccc(Br)cc2C)C1. The molecule has 2 N–H and O–H groups in total. The second kappa shape index (κ2) is 9.56. The molecule has 0 aromatic heterocycles. The first-order valence-corrected chi connectivity index (χ1v) is 10.8. The molecule has 2 rings (SSSR count). The Hall–Kier alpha value is -0.880. The maximum absolute atomic E-state index is 12.1. The van der Waals surface area contributed by atoms with Gasteiger partial charge in [-0.15, -0.1) is 0 Å². The smallest absolute Gasteiger partial charge is 0.191 e. The lowest BCUT2D eigenvalue weighted by atomic mass is 9.95. The third-order valence-corrected chi connectivity index (χ3v) is 6.83. The van der Waals surface area contributed by atoms with Crippen molar-refractivity contribution in [3.05, 3.63) is 33.8 Å². The van der Waals surface area contributed by atoms with Crippen LogP contribution in [0.4, 0.5) is 0 Å². The number of aliphatic imine (C=N–C) groups is 1. The van der Waals surface area contributed by atoms with Crippen molar-refractivity contribution in [3.63, 3.8) is 0 Å². The van der Waals surface area contributed by atoms with Gasteiger partial charge in [0.1, 0.15) is 0 Å². The van der Waals surface area contributed by atoms with E-state index in [0.29, 0.717) is 11.3 Å². The Kier molecular flexibility index (Phi) is 7.75. The average molecular weight is 414 g/mol. The number of nitrogens with zero attached hydrogens (tertiary/aromatic N) is 1. The molecule has 24 heavy (non-hydrogen) atoms. The van der Waals surface area contributed by atoms with Gasteiger partial charge >= 0.3 is 0 Å². The van der Waals surface area contributed by atoms with E-state index in [0.717, 1.165) is 48.4 Å². The summed E-state index contributed by atoms with van der Waals surface area (Å²) in [6.07, 6.45) is 4.31. The molecule has 6 heteroatoms. The van der Waals surface area contributed by atoms with Crippen LogP contribution in [0.1, 0.15) is 43.7 Å². The Bertz CT molecular complexity index is 606. The number of guanidine groups is 1. The Balaban J connectivity index is 1.89. The van der Waals surface area contributed by atoms with Crippen LogP contribution < -0.4 is 10.6 Å². The van der Waals surface area contributed by atoms with E-state index < -0.39 is 10.8 Å². The summed E-state index contributed by atoms with van der Waals surface area (Å²) in [5.41, 5.74) is 2.51. The average Bonchev–Trinajstić information content (AvgIpc) is 2.59. The summed E-state index contributed by atoms with van der Waals surface area (Å²) in [6.45, 7) is 4.87. The van der Waals surface area contributed by atoms with Crippen molar-refractivity contribution in [2.45, 2.75) is 57.4 Å². The molecule has 1 saturated carbocycles. The lowest BCUT2D eigenvalue weighted by Gasteiger charge is -2.30.